The first-order chi connectivity index (χ1) is 9.51. The second-order valence-electron chi connectivity index (χ2n) is 5.17. The highest BCUT2D eigenvalue weighted by Crippen LogP contribution is 2.20. The van der Waals surface area contributed by atoms with Gasteiger partial charge >= 0.3 is 0 Å². The summed E-state index contributed by atoms with van der Waals surface area (Å²) >= 11 is 0. The van der Waals surface area contributed by atoms with Crippen LogP contribution in [0.15, 0.2) is 24.3 Å². The van der Waals surface area contributed by atoms with Crippen molar-refractivity contribution in [3.8, 4) is 6.07 Å². The summed E-state index contributed by atoms with van der Waals surface area (Å²) in [5, 5.41) is 12.6. The van der Waals surface area contributed by atoms with Crippen molar-refractivity contribution in [3.05, 3.63) is 57.9 Å². The lowest BCUT2D eigenvalue weighted by atomic mass is 10.1. The van der Waals surface area contributed by atoms with Crippen LogP contribution < -0.4 is 5.32 Å². The van der Waals surface area contributed by atoms with Crippen LogP contribution in [0.5, 0.6) is 0 Å². The minimum absolute atomic E-state index is 0.625. The Labute approximate surface area is 120 Å². The van der Waals surface area contributed by atoms with Gasteiger partial charge in [0.05, 0.1) is 16.9 Å². The number of aryl methyl sites for hydroxylation is 4. The first-order valence-electron chi connectivity index (χ1n) is 6.69. The smallest absolute Gasteiger partial charge is 0.103 e. The molecule has 0 amide bonds. The summed E-state index contributed by atoms with van der Waals surface area (Å²) in [6.45, 7) is 8.72. The molecule has 0 atom stereocenters. The highest BCUT2D eigenvalue weighted by atomic mass is 14.9. The lowest BCUT2D eigenvalue weighted by molar-refractivity contribution is 1.07. The molecule has 0 fully saturated rings. The largest absolute Gasteiger partial charge is 0.380 e. The number of nitrogens with one attached hydrogen (secondary N) is 1. The van der Waals surface area contributed by atoms with Crippen molar-refractivity contribution in [1.82, 2.24) is 4.98 Å². The summed E-state index contributed by atoms with van der Waals surface area (Å²) in [5.41, 5.74) is 6.95. The fraction of sp³-hybridized carbons (Fsp3) is 0.294. The highest BCUT2D eigenvalue weighted by molar-refractivity contribution is 5.60. The van der Waals surface area contributed by atoms with Gasteiger partial charge < -0.3 is 5.32 Å². The molecule has 0 bridgehead atoms. The van der Waals surface area contributed by atoms with Crippen LogP contribution in [0.4, 0.5) is 5.69 Å². The number of pyridine rings is 1. The number of hydrogen-bond donors (Lipinski definition) is 1. The van der Waals surface area contributed by atoms with Crippen molar-refractivity contribution in [2.75, 3.05) is 5.32 Å². The molecule has 0 radical (unpaired) electrons. The van der Waals surface area contributed by atoms with Crippen molar-refractivity contribution < 1.29 is 0 Å². The second kappa shape index (κ2) is 5.75. The summed E-state index contributed by atoms with van der Waals surface area (Å²) < 4.78 is 0. The molecular weight excluding hydrogens is 246 g/mol. The molecule has 3 heteroatoms. The molecule has 2 rings (SSSR count). The van der Waals surface area contributed by atoms with E-state index in [4.69, 9.17) is 0 Å². The molecule has 1 N–H and O–H groups in total. The highest BCUT2D eigenvalue weighted by Gasteiger charge is 2.08. The lowest BCUT2D eigenvalue weighted by Crippen LogP contribution is -2.05. The van der Waals surface area contributed by atoms with Crippen LogP contribution in [-0.2, 0) is 6.54 Å². The third-order valence-corrected chi connectivity index (χ3v) is 3.41. The third-order valence-electron chi connectivity index (χ3n) is 3.41. The number of aromatic nitrogens is 1. The molecule has 102 valence electrons. The summed E-state index contributed by atoms with van der Waals surface area (Å²) in [4.78, 5) is 4.33. The first-order valence-corrected chi connectivity index (χ1v) is 6.69. The molecule has 1 aromatic carbocycles. The average Bonchev–Trinajstić information content (AvgIpc) is 2.37. The molecule has 1 heterocycles. The van der Waals surface area contributed by atoms with E-state index in [1.165, 1.54) is 16.7 Å². The Morgan fingerprint density at radius 2 is 1.90 bits per heavy atom. The lowest BCUT2D eigenvalue weighted by Gasteiger charge is -2.12. The van der Waals surface area contributed by atoms with E-state index in [1.54, 1.807) is 0 Å². The molecule has 2 aromatic rings. The van der Waals surface area contributed by atoms with E-state index >= 15 is 0 Å². The van der Waals surface area contributed by atoms with Gasteiger partial charge in [-0.3, -0.25) is 4.98 Å². The zero-order valence-electron chi connectivity index (χ0n) is 12.4. The first kappa shape index (κ1) is 14.1. The zero-order chi connectivity index (χ0) is 14.7. The van der Waals surface area contributed by atoms with E-state index < -0.39 is 0 Å². The Kier molecular flexibility index (Phi) is 4.05. The maximum atomic E-state index is 9.25. The van der Waals surface area contributed by atoms with Crippen molar-refractivity contribution in [2.45, 2.75) is 34.2 Å². The van der Waals surface area contributed by atoms with E-state index in [9.17, 15) is 5.26 Å². The molecule has 3 nitrogen and oxygen atoms in total. The van der Waals surface area contributed by atoms with Crippen LogP contribution in [-0.4, -0.2) is 4.98 Å². The van der Waals surface area contributed by atoms with E-state index in [0.717, 1.165) is 17.1 Å². The standard InChI is InChI=1S/C17H19N3/c1-11-5-6-15(12(2)7-11)10-19-17-8-13(3)20-14(4)16(17)9-18/h5-8H,10H2,1-4H3,(H,19,20). The van der Waals surface area contributed by atoms with Gasteiger partial charge in [0.1, 0.15) is 6.07 Å². The summed E-state index contributed by atoms with van der Waals surface area (Å²) in [7, 11) is 0. The predicted octanol–water partition coefficient (Wildman–Crippen LogP) is 3.80. The van der Waals surface area contributed by atoms with Gasteiger partial charge in [0.15, 0.2) is 0 Å². The Hall–Kier alpha value is -2.34. The quantitative estimate of drug-likeness (QED) is 0.918. The van der Waals surface area contributed by atoms with E-state index in [2.05, 4.69) is 48.4 Å². The molecule has 20 heavy (non-hydrogen) atoms. The summed E-state index contributed by atoms with van der Waals surface area (Å²) in [6, 6.07) is 10.6. The van der Waals surface area contributed by atoms with Crippen LogP contribution in [0.2, 0.25) is 0 Å². The average molecular weight is 265 g/mol. The maximum absolute atomic E-state index is 9.25. The number of nitrogens with zero attached hydrogens (tertiary/aromatic N) is 2. The van der Waals surface area contributed by atoms with Crippen LogP contribution >= 0.6 is 0 Å². The van der Waals surface area contributed by atoms with Gasteiger partial charge in [0.2, 0.25) is 0 Å². The Morgan fingerprint density at radius 1 is 1.15 bits per heavy atom. The number of hydrogen-bond acceptors (Lipinski definition) is 3. The molecule has 0 saturated heterocycles. The monoisotopic (exact) mass is 265 g/mol. The van der Waals surface area contributed by atoms with Crippen molar-refractivity contribution >= 4 is 5.69 Å². The van der Waals surface area contributed by atoms with Crippen LogP contribution in [0.25, 0.3) is 0 Å². The second-order valence-corrected chi connectivity index (χ2v) is 5.17. The van der Waals surface area contributed by atoms with Crippen LogP contribution in [0.1, 0.15) is 33.6 Å². The SMILES string of the molecule is Cc1ccc(CNc2cc(C)nc(C)c2C#N)c(C)c1. The minimum atomic E-state index is 0.625. The van der Waals surface area contributed by atoms with Crippen molar-refractivity contribution in [3.63, 3.8) is 0 Å². The topological polar surface area (TPSA) is 48.7 Å². The molecular formula is C17H19N3. The maximum Gasteiger partial charge on any atom is 0.103 e. The van der Waals surface area contributed by atoms with Crippen LogP contribution in [0, 0.1) is 39.0 Å². The fourth-order valence-corrected chi connectivity index (χ4v) is 2.34. The van der Waals surface area contributed by atoms with Crippen LogP contribution in [0.3, 0.4) is 0 Å². The third kappa shape index (κ3) is 2.97. The molecule has 0 spiro atoms. The minimum Gasteiger partial charge on any atom is -0.380 e. The Bertz CT molecular complexity index is 681. The fourth-order valence-electron chi connectivity index (χ4n) is 2.34. The molecule has 0 unspecified atom stereocenters. The van der Waals surface area contributed by atoms with E-state index in [1.807, 2.05) is 19.9 Å². The van der Waals surface area contributed by atoms with Crippen molar-refractivity contribution in [1.29, 1.82) is 5.26 Å². The van der Waals surface area contributed by atoms with Gasteiger partial charge in [-0.2, -0.15) is 5.26 Å². The number of anilines is 1. The number of benzene rings is 1. The number of rotatable bonds is 3. The van der Waals surface area contributed by atoms with Gasteiger partial charge in [0.25, 0.3) is 0 Å². The molecule has 0 aliphatic heterocycles. The summed E-state index contributed by atoms with van der Waals surface area (Å²) in [6.07, 6.45) is 0. The van der Waals surface area contributed by atoms with Gasteiger partial charge in [-0.1, -0.05) is 23.8 Å². The van der Waals surface area contributed by atoms with E-state index in [0.29, 0.717) is 12.1 Å². The Morgan fingerprint density at radius 3 is 2.55 bits per heavy atom. The van der Waals surface area contributed by atoms with Crippen molar-refractivity contribution in [2.24, 2.45) is 0 Å². The van der Waals surface area contributed by atoms with E-state index in [-0.39, 0.29) is 0 Å². The summed E-state index contributed by atoms with van der Waals surface area (Å²) in [5.74, 6) is 0. The van der Waals surface area contributed by atoms with Gasteiger partial charge in [-0.25, -0.2) is 0 Å². The molecule has 0 aliphatic carbocycles. The predicted molar refractivity (Wildman–Crippen MR) is 81.7 cm³/mol. The molecule has 1 aromatic heterocycles. The Balaban J connectivity index is 2.25. The number of nitriles is 1. The normalized spacial score (nSPS) is 10.2. The zero-order valence-corrected chi connectivity index (χ0v) is 12.4. The molecule has 0 aliphatic rings. The van der Waals surface area contributed by atoms with Gasteiger partial charge in [0, 0.05) is 12.2 Å². The molecule has 0 saturated carbocycles. The van der Waals surface area contributed by atoms with Gasteiger partial charge in [-0.15, -0.1) is 0 Å². The van der Waals surface area contributed by atoms with Gasteiger partial charge in [-0.05, 0) is 44.9 Å².